The molecular weight excluding hydrogens is 464 g/mol. The average Bonchev–Trinajstić information content (AvgIpc) is 3.08. The Morgan fingerprint density at radius 3 is 2.35 bits per heavy atom. The number of nitrogens with one attached hydrogen (secondary N) is 2. The van der Waals surface area contributed by atoms with Crippen LogP contribution in [0.5, 0.6) is 0 Å². The molecule has 2 rings (SSSR count). The third kappa shape index (κ3) is 8.52. The summed E-state index contributed by atoms with van der Waals surface area (Å²) in [7, 11) is 1.65. The van der Waals surface area contributed by atoms with E-state index in [0.29, 0.717) is 24.6 Å². The molecule has 0 amide bonds. The largest absolute Gasteiger partial charge is 0.411 e. The maximum atomic E-state index is 12.0. The minimum atomic E-state index is -4.31. The molecule has 6 nitrogen and oxygen atoms in total. The van der Waals surface area contributed by atoms with Gasteiger partial charge >= 0.3 is 6.18 Å². The van der Waals surface area contributed by atoms with Crippen molar-refractivity contribution in [1.29, 1.82) is 0 Å². The molecule has 0 aliphatic heterocycles. The number of hydrogen-bond acceptors (Lipinski definition) is 4. The van der Waals surface area contributed by atoms with Gasteiger partial charge in [-0.15, -0.1) is 24.0 Å². The van der Waals surface area contributed by atoms with Crippen molar-refractivity contribution in [2.24, 2.45) is 4.99 Å². The van der Waals surface area contributed by atoms with Crippen molar-refractivity contribution in [3.8, 4) is 0 Å². The van der Waals surface area contributed by atoms with Gasteiger partial charge in [0.1, 0.15) is 18.6 Å². The molecule has 0 unspecified atom stereocenters. The summed E-state index contributed by atoms with van der Waals surface area (Å²) in [5.74, 6) is 0.598. The van der Waals surface area contributed by atoms with E-state index < -0.39 is 12.8 Å². The number of halogens is 4. The van der Waals surface area contributed by atoms with Crippen LogP contribution in [0.1, 0.15) is 16.8 Å². The van der Waals surface area contributed by atoms with E-state index in [9.17, 15) is 13.2 Å². The van der Waals surface area contributed by atoms with Gasteiger partial charge in [0.25, 0.3) is 0 Å². The first-order chi connectivity index (χ1) is 12.0. The maximum absolute atomic E-state index is 12.0. The van der Waals surface area contributed by atoms with Crippen LogP contribution in [0.4, 0.5) is 13.2 Å². The van der Waals surface area contributed by atoms with Crippen LogP contribution in [0.2, 0.25) is 0 Å². The fraction of sp³-hybridized carbons (Fsp3) is 0.375. The van der Waals surface area contributed by atoms with Crippen LogP contribution < -0.4 is 10.6 Å². The Morgan fingerprint density at radius 2 is 1.77 bits per heavy atom. The van der Waals surface area contributed by atoms with Gasteiger partial charge in [-0.25, -0.2) is 0 Å². The second-order valence-corrected chi connectivity index (χ2v) is 5.19. The second-order valence-electron chi connectivity index (χ2n) is 5.19. The van der Waals surface area contributed by atoms with E-state index in [1.807, 2.05) is 12.1 Å². The highest BCUT2D eigenvalue weighted by Crippen LogP contribution is 2.15. The zero-order valence-electron chi connectivity index (χ0n) is 14.0. The number of benzene rings is 1. The Hall–Kier alpha value is -1.82. The number of ether oxygens (including phenoxy) is 1. The Balaban J connectivity index is 0.00000338. The first-order valence-electron chi connectivity index (χ1n) is 7.52. The number of alkyl halides is 3. The van der Waals surface area contributed by atoms with Crippen molar-refractivity contribution in [3.05, 3.63) is 53.4 Å². The molecule has 2 aromatic rings. The van der Waals surface area contributed by atoms with E-state index >= 15 is 0 Å². The highest BCUT2D eigenvalue weighted by atomic mass is 127. The van der Waals surface area contributed by atoms with Crippen molar-refractivity contribution in [1.82, 2.24) is 15.8 Å². The molecule has 0 radical (unpaired) electrons. The summed E-state index contributed by atoms with van der Waals surface area (Å²) >= 11 is 0. The molecule has 0 spiro atoms. The molecule has 0 fully saturated rings. The van der Waals surface area contributed by atoms with E-state index in [1.165, 1.54) is 6.26 Å². The molecule has 1 aromatic carbocycles. The van der Waals surface area contributed by atoms with Gasteiger partial charge in [0.05, 0.1) is 13.2 Å². The Morgan fingerprint density at radius 1 is 1.12 bits per heavy atom. The van der Waals surface area contributed by atoms with Crippen LogP contribution in [0.3, 0.4) is 0 Å². The van der Waals surface area contributed by atoms with E-state index in [-0.39, 0.29) is 30.6 Å². The zero-order chi connectivity index (χ0) is 18.1. The van der Waals surface area contributed by atoms with Gasteiger partial charge in [0.2, 0.25) is 0 Å². The Labute approximate surface area is 166 Å². The Bertz CT molecular complexity index is 661. The number of rotatable bonds is 7. The van der Waals surface area contributed by atoms with Crippen LogP contribution in [0, 0.1) is 0 Å². The minimum Gasteiger partial charge on any atom is -0.367 e. The summed E-state index contributed by atoms with van der Waals surface area (Å²) in [6.45, 7) is -0.328. The lowest BCUT2D eigenvalue weighted by atomic mass is 10.1. The SMILES string of the molecule is CN=C(NCc1ccc(COCC(F)(F)F)cc1)NCc1ccon1.I. The lowest BCUT2D eigenvalue weighted by molar-refractivity contribution is -0.176. The van der Waals surface area contributed by atoms with E-state index in [1.54, 1.807) is 25.2 Å². The molecule has 1 heterocycles. The molecular formula is C16H20F3IN4O2. The molecule has 0 saturated carbocycles. The number of hydrogen-bond donors (Lipinski definition) is 2. The summed E-state index contributed by atoms with van der Waals surface area (Å²) in [6, 6.07) is 8.87. The molecule has 10 heteroatoms. The molecule has 144 valence electrons. The number of aliphatic imine (C=N–C) groups is 1. The fourth-order valence-corrected chi connectivity index (χ4v) is 1.95. The van der Waals surface area contributed by atoms with Crippen molar-refractivity contribution in [3.63, 3.8) is 0 Å². The van der Waals surface area contributed by atoms with Gasteiger partial charge < -0.3 is 19.9 Å². The van der Waals surface area contributed by atoms with Crippen LogP contribution >= 0.6 is 24.0 Å². The number of aromatic nitrogens is 1. The smallest absolute Gasteiger partial charge is 0.367 e. The highest BCUT2D eigenvalue weighted by Gasteiger charge is 2.27. The predicted octanol–water partition coefficient (Wildman–Crippen LogP) is 3.24. The number of nitrogens with zero attached hydrogens (tertiary/aromatic N) is 2. The van der Waals surface area contributed by atoms with Gasteiger partial charge in [-0.3, -0.25) is 4.99 Å². The third-order valence-electron chi connectivity index (χ3n) is 3.17. The van der Waals surface area contributed by atoms with Gasteiger partial charge in [0, 0.05) is 19.7 Å². The first kappa shape index (κ1) is 22.2. The topological polar surface area (TPSA) is 71.7 Å². The molecule has 0 bridgehead atoms. The highest BCUT2D eigenvalue weighted by molar-refractivity contribution is 14.0. The maximum Gasteiger partial charge on any atom is 0.411 e. The van der Waals surface area contributed by atoms with Gasteiger partial charge in [0.15, 0.2) is 5.96 Å². The molecule has 2 N–H and O–H groups in total. The summed E-state index contributed by atoms with van der Waals surface area (Å²) < 4.78 is 45.4. The summed E-state index contributed by atoms with van der Waals surface area (Å²) in [6.07, 6.45) is -2.81. The lowest BCUT2D eigenvalue weighted by Gasteiger charge is -2.11. The van der Waals surface area contributed by atoms with Crippen LogP contribution in [-0.4, -0.2) is 30.9 Å². The number of guanidine groups is 1. The van der Waals surface area contributed by atoms with Gasteiger partial charge in [-0.1, -0.05) is 29.4 Å². The quantitative estimate of drug-likeness (QED) is 0.359. The van der Waals surface area contributed by atoms with Crippen molar-refractivity contribution in [2.75, 3.05) is 13.7 Å². The van der Waals surface area contributed by atoms with E-state index in [4.69, 9.17) is 4.52 Å². The normalized spacial score (nSPS) is 11.8. The zero-order valence-corrected chi connectivity index (χ0v) is 16.4. The first-order valence-corrected chi connectivity index (χ1v) is 7.52. The molecule has 0 saturated heterocycles. The average molecular weight is 484 g/mol. The van der Waals surface area contributed by atoms with Gasteiger partial charge in [-0.05, 0) is 11.1 Å². The second kappa shape index (κ2) is 11.0. The van der Waals surface area contributed by atoms with Crippen molar-refractivity contribution < 1.29 is 22.4 Å². The van der Waals surface area contributed by atoms with Crippen LogP contribution in [0.25, 0.3) is 0 Å². The summed E-state index contributed by atoms with van der Waals surface area (Å²) in [5, 5.41) is 10.0. The molecule has 26 heavy (non-hydrogen) atoms. The molecule has 1 aromatic heterocycles. The molecule has 0 aliphatic rings. The standard InChI is InChI=1S/C16H19F3N4O2.HI/c1-20-15(22-9-14-6-7-25-23-14)21-8-12-2-4-13(5-3-12)10-24-11-16(17,18)19;/h2-7H,8-11H2,1H3,(H2,20,21,22);1H. The minimum absolute atomic E-state index is 0. The Kier molecular flexibility index (Phi) is 9.41. The predicted molar refractivity (Wildman–Crippen MR) is 101 cm³/mol. The summed E-state index contributed by atoms with van der Waals surface area (Å²) in [4.78, 5) is 4.09. The molecule has 0 atom stereocenters. The van der Waals surface area contributed by atoms with Crippen LogP contribution in [-0.2, 0) is 24.4 Å². The fourth-order valence-electron chi connectivity index (χ4n) is 1.95. The summed E-state index contributed by atoms with van der Waals surface area (Å²) in [5.41, 5.74) is 2.40. The van der Waals surface area contributed by atoms with Crippen molar-refractivity contribution >= 4 is 29.9 Å². The van der Waals surface area contributed by atoms with E-state index in [2.05, 4.69) is 25.5 Å². The lowest BCUT2D eigenvalue weighted by Crippen LogP contribution is -2.36. The molecule has 0 aliphatic carbocycles. The monoisotopic (exact) mass is 484 g/mol. The van der Waals surface area contributed by atoms with E-state index in [0.717, 1.165) is 11.3 Å². The van der Waals surface area contributed by atoms with Crippen molar-refractivity contribution in [2.45, 2.75) is 25.9 Å². The van der Waals surface area contributed by atoms with Gasteiger partial charge in [-0.2, -0.15) is 13.2 Å². The third-order valence-corrected chi connectivity index (χ3v) is 3.17. The van der Waals surface area contributed by atoms with Crippen LogP contribution in [0.15, 0.2) is 46.1 Å².